The van der Waals surface area contributed by atoms with Gasteiger partial charge >= 0.3 is 0 Å². The first-order chi connectivity index (χ1) is 10.8. The lowest BCUT2D eigenvalue weighted by molar-refractivity contribution is -0.127. The second kappa shape index (κ2) is 7.27. The van der Waals surface area contributed by atoms with Crippen LogP contribution in [0.5, 0.6) is 0 Å². The number of benzene rings is 1. The summed E-state index contributed by atoms with van der Waals surface area (Å²) in [4.78, 5) is 14.2. The molecule has 1 saturated heterocycles. The van der Waals surface area contributed by atoms with Gasteiger partial charge in [-0.3, -0.25) is 4.79 Å². The maximum Gasteiger partial charge on any atom is 0.246 e. The van der Waals surface area contributed by atoms with Crippen LogP contribution in [0, 0.1) is 5.92 Å². The summed E-state index contributed by atoms with van der Waals surface area (Å²) in [6.07, 6.45) is 5.39. The van der Waals surface area contributed by atoms with Gasteiger partial charge in [0, 0.05) is 33.3 Å². The molecule has 1 aromatic carbocycles. The van der Waals surface area contributed by atoms with Crippen molar-refractivity contribution in [3.05, 3.63) is 35.9 Å². The van der Waals surface area contributed by atoms with Crippen LogP contribution < -0.4 is 0 Å². The average Bonchev–Trinajstić information content (AvgIpc) is 2.53. The first-order valence-corrected chi connectivity index (χ1v) is 9.24. The quantitative estimate of drug-likeness (QED) is 0.792. The van der Waals surface area contributed by atoms with Gasteiger partial charge in [-0.2, -0.15) is 0 Å². The zero-order chi connectivity index (χ0) is 17.0. The number of sulfonamides is 1. The van der Waals surface area contributed by atoms with Gasteiger partial charge in [-0.1, -0.05) is 19.1 Å². The molecule has 0 bridgehead atoms. The second-order valence-corrected chi connectivity index (χ2v) is 8.35. The third-order valence-corrected chi connectivity index (χ3v) is 6.00. The monoisotopic (exact) mass is 336 g/mol. The Balaban J connectivity index is 2.02. The summed E-state index contributed by atoms with van der Waals surface area (Å²) in [5.41, 5.74) is 0.807. The Bertz CT molecular complexity index is 670. The molecule has 1 fully saturated rings. The van der Waals surface area contributed by atoms with Crippen LogP contribution in [0.25, 0.3) is 6.08 Å². The number of nitrogens with zero attached hydrogens (tertiary/aromatic N) is 2. The Kier molecular flexibility index (Phi) is 5.59. The summed E-state index contributed by atoms with van der Waals surface area (Å²) >= 11 is 0. The predicted molar refractivity (Wildman–Crippen MR) is 91.3 cm³/mol. The molecular weight excluding hydrogens is 312 g/mol. The van der Waals surface area contributed by atoms with Crippen LogP contribution >= 0.6 is 0 Å². The highest BCUT2D eigenvalue weighted by atomic mass is 32.2. The lowest BCUT2D eigenvalue weighted by Crippen LogP contribution is -2.36. The SMILES string of the molecule is CC1CCN(C(=O)/C=C/c2ccc(S(=O)(=O)N(C)C)cc2)CC1. The highest BCUT2D eigenvalue weighted by Crippen LogP contribution is 2.17. The number of carbonyl (C=O) groups excluding carboxylic acids is 1. The summed E-state index contributed by atoms with van der Waals surface area (Å²) in [5.74, 6) is 0.705. The Hall–Kier alpha value is -1.66. The Morgan fingerprint density at radius 3 is 2.26 bits per heavy atom. The highest BCUT2D eigenvalue weighted by Gasteiger charge is 2.18. The molecule has 0 spiro atoms. The zero-order valence-electron chi connectivity index (χ0n) is 13.9. The van der Waals surface area contributed by atoms with Crippen LogP contribution in [0.2, 0.25) is 0 Å². The molecule has 0 aliphatic carbocycles. The van der Waals surface area contributed by atoms with E-state index in [0.717, 1.165) is 31.5 Å². The third kappa shape index (κ3) is 4.42. The lowest BCUT2D eigenvalue weighted by atomic mass is 9.99. The molecule has 1 heterocycles. The fourth-order valence-corrected chi connectivity index (χ4v) is 3.37. The van der Waals surface area contributed by atoms with Gasteiger partial charge in [0.25, 0.3) is 0 Å². The van der Waals surface area contributed by atoms with Crippen molar-refractivity contribution in [2.75, 3.05) is 27.2 Å². The zero-order valence-corrected chi connectivity index (χ0v) is 14.7. The highest BCUT2D eigenvalue weighted by molar-refractivity contribution is 7.89. The molecule has 0 aromatic heterocycles. The molecule has 23 heavy (non-hydrogen) atoms. The third-order valence-electron chi connectivity index (χ3n) is 4.17. The van der Waals surface area contributed by atoms with Crippen LogP contribution in [0.15, 0.2) is 35.2 Å². The summed E-state index contributed by atoms with van der Waals surface area (Å²) in [6, 6.07) is 6.53. The Morgan fingerprint density at radius 2 is 1.74 bits per heavy atom. The maximum atomic E-state index is 12.1. The van der Waals surface area contributed by atoms with Crippen molar-refractivity contribution in [2.45, 2.75) is 24.7 Å². The van der Waals surface area contributed by atoms with E-state index in [1.807, 2.05) is 4.90 Å². The van der Waals surface area contributed by atoms with E-state index in [0.29, 0.717) is 5.92 Å². The van der Waals surface area contributed by atoms with Crippen molar-refractivity contribution in [1.82, 2.24) is 9.21 Å². The number of hydrogen-bond donors (Lipinski definition) is 0. The first kappa shape index (κ1) is 17.7. The molecule has 126 valence electrons. The molecule has 1 aliphatic heterocycles. The molecule has 6 heteroatoms. The van der Waals surface area contributed by atoms with E-state index in [4.69, 9.17) is 0 Å². The molecule has 2 rings (SSSR count). The van der Waals surface area contributed by atoms with Crippen LogP contribution in [0.4, 0.5) is 0 Å². The lowest BCUT2D eigenvalue weighted by Gasteiger charge is -2.29. The molecule has 0 atom stereocenters. The molecule has 1 aliphatic rings. The van der Waals surface area contributed by atoms with Gasteiger partial charge in [0.1, 0.15) is 0 Å². The predicted octanol–water partition coefficient (Wildman–Crippen LogP) is 2.21. The van der Waals surface area contributed by atoms with Crippen LogP contribution in [-0.2, 0) is 14.8 Å². The minimum Gasteiger partial charge on any atom is -0.339 e. The van der Waals surface area contributed by atoms with E-state index in [1.165, 1.54) is 18.4 Å². The van der Waals surface area contributed by atoms with Crippen molar-refractivity contribution in [3.8, 4) is 0 Å². The number of piperidine rings is 1. The average molecular weight is 336 g/mol. The summed E-state index contributed by atoms with van der Waals surface area (Å²) in [5, 5.41) is 0. The van der Waals surface area contributed by atoms with E-state index in [9.17, 15) is 13.2 Å². The molecule has 1 amide bonds. The smallest absolute Gasteiger partial charge is 0.246 e. The minimum absolute atomic E-state index is 0.0156. The van der Waals surface area contributed by atoms with Crippen molar-refractivity contribution in [3.63, 3.8) is 0 Å². The number of hydrogen-bond acceptors (Lipinski definition) is 3. The van der Waals surface area contributed by atoms with E-state index in [2.05, 4.69) is 6.92 Å². The topological polar surface area (TPSA) is 57.7 Å². The normalized spacial score (nSPS) is 17.1. The largest absolute Gasteiger partial charge is 0.339 e. The van der Waals surface area contributed by atoms with Gasteiger partial charge in [-0.25, -0.2) is 12.7 Å². The maximum absolute atomic E-state index is 12.1. The van der Waals surface area contributed by atoms with E-state index in [-0.39, 0.29) is 10.8 Å². The van der Waals surface area contributed by atoms with Gasteiger partial charge in [0.05, 0.1) is 4.90 Å². The van der Waals surface area contributed by atoms with Crippen molar-refractivity contribution in [1.29, 1.82) is 0 Å². The number of likely N-dealkylation sites (tertiary alicyclic amines) is 1. The second-order valence-electron chi connectivity index (χ2n) is 6.20. The van der Waals surface area contributed by atoms with Crippen LogP contribution in [-0.4, -0.2) is 50.7 Å². The fourth-order valence-electron chi connectivity index (χ4n) is 2.46. The molecule has 0 radical (unpaired) electrons. The van der Waals surface area contributed by atoms with Gasteiger partial charge < -0.3 is 4.90 Å². The fraction of sp³-hybridized carbons (Fsp3) is 0.471. The first-order valence-electron chi connectivity index (χ1n) is 7.80. The van der Waals surface area contributed by atoms with Gasteiger partial charge in [0.15, 0.2) is 0 Å². The summed E-state index contributed by atoms with van der Waals surface area (Å²) in [7, 11) is -0.411. The number of carbonyl (C=O) groups is 1. The van der Waals surface area contributed by atoms with Gasteiger partial charge in [-0.15, -0.1) is 0 Å². The number of amides is 1. The van der Waals surface area contributed by atoms with E-state index >= 15 is 0 Å². The van der Waals surface area contributed by atoms with Gasteiger partial charge in [-0.05, 0) is 42.5 Å². The summed E-state index contributed by atoms with van der Waals surface area (Å²) < 4.78 is 25.2. The molecule has 1 aromatic rings. The minimum atomic E-state index is -3.41. The van der Waals surface area contributed by atoms with E-state index in [1.54, 1.807) is 36.4 Å². The van der Waals surface area contributed by atoms with Gasteiger partial charge in [0.2, 0.25) is 15.9 Å². The van der Waals surface area contributed by atoms with Crippen LogP contribution in [0.3, 0.4) is 0 Å². The number of rotatable bonds is 4. The van der Waals surface area contributed by atoms with Crippen molar-refractivity contribution >= 4 is 22.0 Å². The van der Waals surface area contributed by atoms with Crippen molar-refractivity contribution in [2.24, 2.45) is 5.92 Å². The summed E-state index contributed by atoms with van der Waals surface area (Å²) in [6.45, 7) is 3.83. The molecule has 0 unspecified atom stereocenters. The molecular formula is C17H24N2O3S. The standard InChI is InChI=1S/C17H24N2O3S/c1-14-10-12-19(13-11-14)17(20)9-6-15-4-7-16(8-5-15)23(21,22)18(2)3/h4-9,14H,10-13H2,1-3H3/b9-6+. The van der Waals surface area contributed by atoms with Crippen LogP contribution in [0.1, 0.15) is 25.3 Å². The molecule has 0 saturated carbocycles. The Labute approximate surface area is 138 Å². The Morgan fingerprint density at radius 1 is 1.17 bits per heavy atom. The molecule has 5 nitrogen and oxygen atoms in total. The molecule has 0 N–H and O–H groups in total. The van der Waals surface area contributed by atoms with E-state index < -0.39 is 10.0 Å². The van der Waals surface area contributed by atoms with Crippen molar-refractivity contribution < 1.29 is 13.2 Å².